The molecule has 0 radical (unpaired) electrons. The van der Waals surface area contributed by atoms with Crippen LogP contribution in [-0.2, 0) is 4.74 Å². The molecular weight excluding hydrogens is 368 g/mol. The van der Waals surface area contributed by atoms with Gasteiger partial charge in [0, 0.05) is 5.41 Å². The lowest BCUT2D eigenvalue weighted by Crippen LogP contribution is -2.69. The van der Waals surface area contributed by atoms with Crippen LogP contribution in [0.4, 0.5) is 17.6 Å². The van der Waals surface area contributed by atoms with E-state index in [-0.39, 0.29) is 38.4 Å². The highest BCUT2D eigenvalue weighted by Crippen LogP contribution is 2.70. The highest BCUT2D eigenvalue weighted by atomic mass is 19.3. The second-order valence-corrected chi connectivity index (χ2v) is 10.9. The van der Waals surface area contributed by atoms with Gasteiger partial charge in [-0.1, -0.05) is 26.7 Å². The van der Waals surface area contributed by atoms with Crippen LogP contribution in [0.2, 0.25) is 0 Å². The molecular formula is C23H36F4O. The van der Waals surface area contributed by atoms with Crippen LogP contribution in [0.15, 0.2) is 0 Å². The van der Waals surface area contributed by atoms with E-state index >= 15 is 0 Å². The Morgan fingerprint density at radius 2 is 1.21 bits per heavy atom. The molecule has 0 atom stereocenters. The zero-order valence-corrected chi connectivity index (χ0v) is 17.4. The van der Waals surface area contributed by atoms with Crippen molar-refractivity contribution in [1.82, 2.24) is 0 Å². The minimum absolute atomic E-state index is 0.0344. The van der Waals surface area contributed by atoms with E-state index in [1.165, 1.54) is 32.6 Å². The van der Waals surface area contributed by atoms with Gasteiger partial charge in [0.25, 0.3) is 0 Å². The van der Waals surface area contributed by atoms with Crippen molar-refractivity contribution in [1.29, 1.82) is 0 Å². The van der Waals surface area contributed by atoms with Crippen LogP contribution in [0.25, 0.3) is 0 Å². The molecule has 0 saturated heterocycles. The number of hydrogen-bond acceptors (Lipinski definition) is 1. The maximum Gasteiger partial charge on any atom is 0.318 e. The molecule has 0 aromatic heterocycles. The van der Waals surface area contributed by atoms with Gasteiger partial charge in [-0.05, 0) is 82.0 Å². The van der Waals surface area contributed by atoms with Crippen LogP contribution in [0, 0.1) is 28.6 Å². The number of alkyl halides is 4. The standard InChI is InChI=1S/C23H36F4O/c1-16-3-5-17(6-4-16)18-7-9-19(10-8-18)28-15-21-13-11-20(2,12-14-21)22(24,25)23(21,26)27/h16-19H,3-15H2,1-2H3. The van der Waals surface area contributed by atoms with E-state index in [2.05, 4.69) is 6.92 Å². The average Bonchev–Trinajstić information content (AvgIpc) is 2.67. The first-order valence-corrected chi connectivity index (χ1v) is 11.5. The van der Waals surface area contributed by atoms with Crippen molar-refractivity contribution in [3.05, 3.63) is 0 Å². The van der Waals surface area contributed by atoms with Gasteiger partial charge in [0.05, 0.1) is 18.1 Å². The van der Waals surface area contributed by atoms with Crippen molar-refractivity contribution in [2.75, 3.05) is 6.61 Å². The summed E-state index contributed by atoms with van der Waals surface area (Å²) >= 11 is 0. The highest BCUT2D eigenvalue weighted by molar-refractivity contribution is 5.16. The Morgan fingerprint density at radius 1 is 0.714 bits per heavy atom. The first-order valence-electron chi connectivity index (χ1n) is 11.5. The van der Waals surface area contributed by atoms with E-state index in [4.69, 9.17) is 4.74 Å². The highest BCUT2D eigenvalue weighted by Gasteiger charge is 2.80. The fourth-order valence-electron chi connectivity index (χ4n) is 6.62. The largest absolute Gasteiger partial charge is 0.377 e. The van der Waals surface area contributed by atoms with Crippen molar-refractivity contribution >= 4 is 0 Å². The fourth-order valence-corrected chi connectivity index (χ4v) is 6.62. The molecule has 0 N–H and O–H groups in total. The Hall–Kier alpha value is -0.320. The van der Waals surface area contributed by atoms with Gasteiger partial charge in [0.15, 0.2) is 0 Å². The van der Waals surface area contributed by atoms with Crippen LogP contribution in [0.1, 0.15) is 90.9 Å². The molecule has 5 fully saturated rings. The first kappa shape index (κ1) is 20.9. The van der Waals surface area contributed by atoms with Crippen molar-refractivity contribution in [3.63, 3.8) is 0 Å². The zero-order chi connectivity index (χ0) is 20.2. The van der Waals surface area contributed by atoms with Crippen molar-refractivity contribution in [3.8, 4) is 0 Å². The Labute approximate surface area is 167 Å². The molecule has 5 rings (SSSR count). The first-order chi connectivity index (χ1) is 13.1. The van der Waals surface area contributed by atoms with Gasteiger partial charge in [-0.15, -0.1) is 0 Å². The third-order valence-electron chi connectivity index (χ3n) is 9.17. The summed E-state index contributed by atoms with van der Waals surface area (Å²) in [4.78, 5) is 0. The molecule has 5 aliphatic rings. The second-order valence-electron chi connectivity index (χ2n) is 10.9. The van der Waals surface area contributed by atoms with E-state index in [9.17, 15) is 17.6 Å². The van der Waals surface area contributed by atoms with Crippen molar-refractivity contribution in [2.45, 2.75) is 109 Å². The topological polar surface area (TPSA) is 9.23 Å². The summed E-state index contributed by atoms with van der Waals surface area (Å²) in [6.07, 6.45) is 9.90. The molecule has 1 nitrogen and oxygen atoms in total. The third kappa shape index (κ3) is 3.13. The Morgan fingerprint density at radius 3 is 1.75 bits per heavy atom. The molecule has 0 spiro atoms. The predicted octanol–water partition coefficient (Wildman–Crippen LogP) is 7.24. The molecule has 0 heterocycles. The van der Waals surface area contributed by atoms with Crippen LogP contribution in [-0.4, -0.2) is 24.6 Å². The smallest absolute Gasteiger partial charge is 0.318 e. The van der Waals surface area contributed by atoms with E-state index < -0.39 is 22.7 Å². The summed E-state index contributed by atoms with van der Waals surface area (Å²) in [7, 11) is 0. The molecule has 5 saturated carbocycles. The second kappa shape index (κ2) is 7.13. The zero-order valence-electron chi connectivity index (χ0n) is 17.4. The van der Waals surface area contributed by atoms with Gasteiger partial charge in [0.1, 0.15) is 0 Å². The average molecular weight is 405 g/mol. The fraction of sp³-hybridized carbons (Fsp3) is 1.00. The quantitative estimate of drug-likeness (QED) is 0.449. The molecule has 0 aromatic carbocycles. The van der Waals surface area contributed by atoms with E-state index in [1.807, 2.05) is 0 Å². The lowest BCUT2D eigenvalue weighted by atomic mass is 9.50. The Balaban J connectivity index is 1.32. The van der Waals surface area contributed by atoms with Gasteiger partial charge < -0.3 is 4.74 Å². The molecule has 0 unspecified atom stereocenters. The molecule has 162 valence electrons. The van der Waals surface area contributed by atoms with Crippen LogP contribution < -0.4 is 0 Å². The van der Waals surface area contributed by atoms with E-state index in [0.717, 1.165) is 43.4 Å². The summed E-state index contributed by atoms with van der Waals surface area (Å²) in [5.41, 5.74) is -3.24. The molecule has 5 heteroatoms. The number of hydrogen-bond donors (Lipinski definition) is 0. The summed E-state index contributed by atoms with van der Waals surface area (Å²) in [5.74, 6) is -5.51. The van der Waals surface area contributed by atoms with Gasteiger partial charge in [-0.3, -0.25) is 0 Å². The number of halogens is 4. The van der Waals surface area contributed by atoms with Crippen molar-refractivity contribution in [2.24, 2.45) is 28.6 Å². The van der Waals surface area contributed by atoms with E-state index in [0.29, 0.717) is 0 Å². The van der Waals surface area contributed by atoms with Crippen molar-refractivity contribution < 1.29 is 22.3 Å². The normalized spacial score (nSPS) is 47.8. The molecule has 0 aromatic rings. The molecule has 2 bridgehead atoms. The number of ether oxygens (including phenoxy) is 1. The predicted molar refractivity (Wildman–Crippen MR) is 102 cm³/mol. The lowest BCUT2D eigenvalue weighted by Gasteiger charge is -2.60. The Bertz CT molecular complexity index is 551. The minimum Gasteiger partial charge on any atom is -0.377 e. The monoisotopic (exact) mass is 404 g/mol. The van der Waals surface area contributed by atoms with Gasteiger partial charge in [-0.2, -0.15) is 17.6 Å². The van der Waals surface area contributed by atoms with Gasteiger partial charge in [0.2, 0.25) is 0 Å². The van der Waals surface area contributed by atoms with Crippen LogP contribution in [0.5, 0.6) is 0 Å². The molecule has 28 heavy (non-hydrogen) atoms. The SMILES string of the molecule is CC1CCC(C2CCC(OCC34CCC(C)(CC3)C(F)(F)C4(F)F)CC2)CC1. The number of rotatable bonds is 4. The summed E-state index contributed by atoms with van der Waals surface area (Å²) in [6, 6.07) is 0. The summed E-state index contributed by atoms with van der Waals surface area (Å²) in [5, 5.41) is 0. The lowest BCUT2D eigenvalue weighted by molar-refractivity contribution is -0.371. The van der Waals surface area contributed by atoms with Gasteiger partial charge >= 0.3 is 11.8 Å². The van der Waals surface area contributed by atoms with E-state index in [1.54, 1.807) is 0 Å². The molecule has 0 amide bonds. The van der Waals surface area contributed by atoms with Gasteiger partial charge in [-0.25, -0.2) is 0 Å². The van der Waals surface area contributed by atoms with Crippen LogP contribution >= 0.6 is 0 Å². The third-order valence-corrected chi connectivity index (χ3v) is 9.17. The Kier molecular flexibility index (Phi) is 5.33. The maximum atomic E-state index is 14.8. The number of fused-ring (bicyclic) bond motifs is 3. The minimum atomic E-state index is -3.97. The molecule has 5 aliphatic carbocycles. The molecule has 0 aliphatic heterocycles. The van der Waals surface area contributed by atoms with Crippen LogP contribution in [0.3, 0.4) is 0 Å². The summed E-state index contributed by atoms with van der Waals surface area (Å²) in [6.45, 7) is 3.46. The summed E-state index contributed by atoms with van der Waals surface area (Å²) < 4.78 is 64.7. The maximum absolute atomic E-state index is 14.8.